The lowest BCUT2D eigenvalue weighted by molar-refractivity contribution is -0.146. The van der Waals surface area contributed by atoms with Crippen LogP contribution in [-0.2, 0) is 9.59 Å². The predicted octanol–water partition coefficient (Wildman–Crippen LogP) is -0.979. The molecule has 1 saturated heterocycles. The van der Waals surface area contributed by atoms with Gasteiger partial charge in [-0.25, -0.2) is 0 Å². The van der Waals surface area contributed by atoms with Crippen molar-refractivity contribution in [2.45, 2.75) is 18.9 Å². The van der Waals surface area contributed by atoms with Crippen molar-refractivity contribution in [1.82, 2.24) is 4.90 Å². The van der Waals surface area contributed by atoms with Crippen molar-refractivity contribution in [3.05, 3.63) is 0 Å². The van der Waals surface area contributed by atoms with Crippen LogP contribution in [0.1, 0.15) is 12.8 Å². The van der Waals surface area contributed by atoms with Crippen molar-refractivity contribution < 1.29 is 14.7 Å². The largest absolute Gasteiger partial charge is 0.480 e. The summed E-state index contributed by atoms with van der Waals surface area (Å²) in [7, 11) is 0. The van der Waals surface area contributed by atoms with Gasteiger partial charge in [0.05, 0.1) is 6.04 Å². The minimum absolute atomic E-state index is 0.230. The second-order valence-corrected chi connectivity index (χ2v) is 2.90. The SMILES string of the molecule is NC1CCCN(CC(=O)O)C1=O. The Hall–Kier alpha value is -1.10. The summed E-state index contributed by atoms with van der Waals surface area (Å²) in [5.41, 5.74) is 5.46. The molecule has 1 aliphatic rings. The normalized spacial score (nSPS) is 24.2. The van der Waals surface area contributed by atoms with E-state index in [4.69, 9.17) is 10.8 Å². The number of carbonyl (C=O) groups excluding carboxylic acids is 1. The van der Waals surface area contributed by atoms with E-state index in [1.165, 1.54) is 4.90 Å². The number of aliphatic carboxylic acids is 1. The molecule has 12 heavy (non-hydrogen) atoms. The smallest absolute Gasteiger partial charge is 0.323 e. The summed E-state index contributed by atoms with van der Waals surface area (Å²) in [4.78, 5) is 22.8. The third kappa shape index (κ3) is 1.94. The minimum Gasteiger partial charge on any atom is -0.480 e. The van der Waals surface area contributed by atoms with Gasteiger partial charge in [0.25, 0.3) is 0 Å². The highest BCUT2D eigenvalue weighted by atomic mass is 16.4. The molecule has 1 amide bonds. The van der Waals surface area contributed by atoms with Gasteiger partial charge in [-0.1, -0.05) is 0 Å². The molecule has 0 aromatic heterocycles. The molecule has 0 aromatic rings. The number of likely N-dealkylation sites (tertiary alicyclic amines) is 1. The Morgan fingerprint density at radius 1 is 1.75 bits per heavy atom. The summed E-state index contributed by atoms with van der Waals surface area (Å²) in [6.07, 6.45) is 1.45. The Kier molecular flexibility index (Phi) is 2.65. The molecule has 1 fully saturated rings. The standard InChI is InChI=1S/C7H12N2O3/c8-5-2-1-3-9(7(5)12)4-6(10)11/h5H,1-4,8H2,(H,10,11). The third-order valence-corrected chi connectivity index (χ3v) is 1.90. The minimum atomic E-state index is -0.988. The molecular weight excluding hydrogens is 160 g/mol. The van der Waals surface area contributed by atoms with Gasteiger partial charge >= 0.3 is 5.97 Å². The number of nitrogens with zero attached hydrogens (tertiary/aromatic N) is 1. The highest BCUT2D eigenvalue weighted by Crippen LogP contribution is 2.08. The number of hydrogen-bond acceptors (Lipinski definition) is 3. The van der Waals surface area contributed by atoms with E-state index in [0.29, 0.717) is 13.0 Å². The van der Waals surface area contributed by atoms with E-state index in [1.54, 1.807) is 0 Å². The summed E-state index contributed by atoms with van der Waals surface area (Å²) in [6, 6.07) is -0.502. The van der Waals surface area contributed by atoms with Crippen molar-refractivity contribution in [3.8, 4) is 0 Å². The maximum absolute atomic E-state index is 11.2. The molecule has 0 aliphatic carbocycles. The molecule has 68 valence electrons. The van der Waals surface area contributed by atoms with Crippen molar-refractivity contribution >= 4 is 11.9 Å². The Labute approximate surface area is 70.1 Å². The van der Waals surface area contributed by atoms with Crippen LogP contribution in [0.2, 0.25) is 0 Å². The summed E-state index contributed by atoms with van der Waals surface area (Å²) < 4.78 is 0. The molecule has 0 spiro atoms. The molecule has 1 heterocycles. The first-order valence-corrected chi connectivity index (χ1v) is 3.87. The maximum atomic E-state index is 11.2. The first-order valence-electron chi connectivity index (χ1n) is 3.87. The zero-order valence-corrected chi connectivity index (χ0v) is 6.69. The van der Waals surface area contributed by atoms with Crippen LogP contribution in [0.5, 0.6) is 0 Å². The second kappa shape index (κ2) is 3.53. The molecule has 1 rings (SSSR count). The number of carboxylic acids is 1. The first kappa shape index (κ1) is 8.99. The molecule has 0 saturated carbocycles. The van der Waals surface area contributed by atoms with E-state index >= 15 is 0 Å². The van der Waals surface area contributed by atoms with E-state index in [2.05, 4.69) is 0 Å². The first-order chi connectivity index (χ1) is 5.61. The lowest BCUT2D eigenvalue weighted by Gasteiger charge is -2.28. The van der Waals surface area contributed by atoms with E-state index in [1.807, 2.05) is 0 Å². The van der Waals surface area contributed by atoms with Crippen LogP contribution in [0.3, 0.4) is 0 Å². The third-order valence-electron chi connectivity index (χ3n) is 1.90. The summed E-state index contributed by atoms with van der Waals surface area (Å²) in [6.45, 7) is 0.283. The fourth-order valence-electron chi connectivity index (χ4n) is 1.29. The fourth-order valence-corrected chi connectivity index (χ4v) is 1.29. The van der Waals surface area contributed by atoms with E-state index in [0.717, 1.165) is 6.42 Å². The molecule has 0 radical (unpaired) electrons. The Morgan fingerprint density at radius 2 is 2.42 bits per heavy atom. The number of piperidine rings is 1. The van der Waals surface area contributed by atoms with Crippen LogP contribution in [0, 0.1) is 0 Å². The van der Waals surface area contributed by atoms with E-state index < -0.39 is 12.0 Å². The van der Waals surface area contributed by atoms with E-state index in [9.17, 15) is 9.59 Å². The molecule has 0 bridgehead atoms. The molecule has 1 aliphatic heterocycles. The predicted molar refractivity (Wildman–Crippen MR) is 41.4 cm³/mol. The van der Waals surface area contributed by atoms with Gasteiger partial charge in [0.2, 0.25) is 5.91 Å². The quantitative estimate of drug-likeness (QED) is 0.560. The Morgan fingerprint density at radius 3 is 3.00 bits per heavy atom. The zero-order valence-electron chi connectivity index (χ0n) is 6.69. The summed E-state index contributed by atoms with van der Waals surface area (Å²) in [5, 5.41) is 8.44. The van der Waals surface area contributed by atoms with Crippen LogP contribution in [0.4, 0.5) is 0 Å². The van der Waals surface area contributed by atoms with Crippen LogP contribution in [0.25, 0.3) is 0 Å². The molecule has 5 heteroatoms. The maximum Gasteiger partial charge on any atom is 0.323 e. The molecule has 1 unspecified atom stereocenters. The summed E-state index contributed by atoms with van der Waals surface area (Å²) >= 11 is 0. The van der Waals surface area contributed by atoms with Crippen molar-refractivity contribution in [2.24, 2.45) is 5.73 Å². The zero-order chi connectivity index (χ0) is 9.14. The Balaban J connectivity index is 2.52. The van der Waals surface area contributed by atoms with Crippen molar-refractivity contribution in [2.75, 3.05) is 13.1 Å². The lowest BCUT2D eigenvalue weighted by Crippen LogP contribution is -2.49. The number of nitrogens with two attached hydrogens (primary N) is 1. The number of amides is 1. The molecular formula is C7H12N2O3. The number of hydrogen-bond donors (Lipinski definition) is 2. The van der Waals surface area contributed by atoms with E-state index in [-0.39, 0.29) is 12.5 Å². The highest BCUT2D eigenvalue weighted by Gasteiger charge is 2.26. The van der Waals surface area contributed by atoms with Crippen LogP contribution >= 0.6 is 0 Å². The second-order valence-electron chi connectivity index (χ2n) is 2.90. The van der Waals surface area contributed by atoms with Gasteiger partial charge in [-0.05, 0) is 12.8 Å². The fraction of sp³-hybridized carbons (Fsp3) is 0.714. The van der Waals surface area contributed by atoms with Gasteiger partial charge in [-0.2, -0.15) is 0 Å². The van der Waals surface area contributed by atoms with Gasteiger partial charge in [0.1, 0.15) is 6.54 Å². The number of carboxylic acid groups (broad SMARTS) is 1. The van der Waals surface area contributed by atoms with Crippen LogP contribution in [0.15, 0.2) is 0 Å². The molecule has 1 atom stereocenters. The van der Waals surface area contributed by atoms with Gasteiger partial charge in [-0.15, -0.1) is 0 Å². The van der Waals surface area contributed by atoms with Gasteiger partial charge in [0.15, 0.2) is 0 Å². The van der Waals surface area contributed by atoms with Gasteiger partial charge in [0, 0.05) is 6.54 Å². The van der Waals surface area contributed by atoms with Gasteiger partial charge < -0.3 is 15.7 Å². The molecule has 0 aromatic carbocycles. The monoisotopic (exact) mass is 172 g/mol. The van der Waals surface area contributed by atoms with Crippen LogP contribution < -0.4 is 5.73 Å². The number of carbonyl (C=O) groups is 2. The van der Waals surface area contributed by atoms with Crippen molar-refractivity contribution in [1.29, 1.82) is 0 Å². The molecule has 5 nitrogen and oxygen atoms in total. The number of rotatable bonds is 2. The lowest BCUT2D eigenvalue weighted by atomic mass is 10.1. The topological polar surface area (TPSA) is 83.6 Å². The average Bonchev–Trinajstić information content (AvgIpc) is 1.98. The van der Waals surface area contributed by atoms with Crippen molar-refractivity contribution in [3.63, 3.8) is 0 Å². The molecule has 3 N–H and O–H groups in total. The average molecular weight is 172 g/mol. The highest BCUT2D eigenvalue weighted by molar-refractivity contribution is 5.85. The van der Waals surface area contributed by atoms with Crippen LogP contribution in [-0.4, -0.2) is 41.0 Å². The summed E-state index contributed by atoms with van der Waals surface area (Å²) in [5.74, 6) is -1.24. The Bertz CT molecular complexity index is 205. The van der Waals surface area contributed by atoms with Gasteiger partial charge in [-0.3, -0.25) is 9.59 Å².